The lowest BCUT2D eigenvalue weighted by Gasteiger charge is -2.21. The van der Waals surface area contributed by atoms with Crippen LogP contribution in [0, 0.1) is 11.8 Å². The third-order valence-corrected chi connectivity index (χ3v) is 4.10. The minimum absolute atomic E-state index is 0.0991. The standard InChI is InChI=1S/C13H14ClNO2/c14-10-3-4-15-11(7-10)13(16)17-12-6-8-1-2-9(12)5-8/h3-4,7-9,12H,1-2,5-6H2. The van der Waals surface area contributed by atoms with Gasteiger partial charge in [0, 0.05) is 11.2 Å². The summed E-state index contributed by atoms with van der Waals surface area (Å²) >= 11 is 5.82. The van der Waals surface area contributed by atoms with Crippen LogP contribution in [0.3, 0.4) is 0 Å². The minimum atomic E-state index is -0.343. The molecule has 0 spiro atoms. The van der Waals surface area contributed by atoms with Gasteiger partial charge in [0.1, 0.15) is 11.8 Å². The van der Waals surface area contributed by atoms with Gasteiger partial charge < -0.3 is 4.74 Å². The van der Waals surface area contributed by atoms with E-state index in [0.717, 1.165) is 12.3 Å². The van der Waals surface area contributed by atoms with Gasteiger partial charge in [-0.05, 0) is 49.7 Å². The third-order valence-electron chi connectivity index (χ3n) is 3.86. The van der Waals surface area contributed by atoms with Gasteiger partial charge in [-0.25, -0.2) is 9.78 Å². The second kappa shape index (κ2) is 4.30. The Morgan fingerprint density at radius 1 is 1.41 bits per heavy atom. The first-order chi connectivity index (χ1) is 8.22. The Kier molecular flexibility index (Phi) is 2.79. The summed E-state index contributed by atoms with van der Waals surface area (Å²) in [7, 11) is 0. The van der Waals surface area contributed by atoms with E-state index < -0.39 is 0 Å². The van der Waals surface area contributed by atoms with Crippen molar-refractivity contribution >= 4 is 17.6 Å². The highest BCUT2D eigenvalue weighted by Crippen LogP contribution is 2.46. The van der Waals surface area contributed by atoms with Crippen molar-refractivity contribution in [3.05, 3.63) is 29.0 Å². The molecule has 3 rings (SSSR count). The van der Waals surface area contributed by atoms with E-state index in [1.807, 2.05) is 0 Å². The number of carbonyl (C=O) groups excluding carboxylic acids is 1. The number of halogens is 1. The number of aromatic nitrogens is 1. The van der Waals surface area contributed by atoms with E-state index in [0.29, 0.717) is 16.6 Å². The molecule has 0 amide bonds. The van der Waals surface area contributed by atoms with Crippen LogP contribution in [-0.2, 0) is 4.74 Å². The molecule has 2 saturated carbocycles. The first-order valence-electron chi connectivity index (χ1n) is 6.05. The number of hydrogen-bond acceptors (Lipinski definition) is 3. The number of nitrogens with zero attached hydrogens (tertiary/aromatic N) is 1. The van der Waals surface area contributed by atoms with Gasteiger partial charge in [-0.2, -0.15) is 0 Å². The van der Waals surface area contributed by atoms with Crippen LogP contribution in [0.15, 0.2) is 18.3 Å². The molecule has 3 atom stereocenters. The van der Waals surface area contributed by atoms with Crippen LogP contribution in [0.4, 0.5) is 0 Å². The molecule has 0 N–H and O–H groups in total. The maximum absolute atomic E-state index is 11.9. The first kappa shape index (κ1) is 11.0. The molecule has 2 aliphatic carbocycles. The summed E-state index contributed by atoms with van der Waals surface area (Å²) in [5.41, 5.74) is 0.306. The predicted octanol–water partition coefficient (Wildman–Crippen LogP) is 3.08. The van der Waals surface area contributed by atoms with E-state index >= 15 is 0 Å². The van der Waals surface area contributed by atoms with E-state index in [-0.39, 0.29) is 12.1 Å². The fourth-order valence-corrected chi connectivity index (χ4v) is 3.20. The quantitative estimate of drug-likeness (QED) is 0.759. The number of hydrogen-bond donors (Lipinski definition) is 0. The average Bonchev–Trinajstić information content (AvgIpc) is 2.91. The molecule has 1 heterocycles. The van der Waals surface area contributed by atoms with E-state index in [1.54, 1.807) is 12.1 Å². The molecule has 17 heavy (non-hydrogen) atoms. The molecule has 0 saturated heterocycles. The van der Waals surface area contributed by atoms with Crippen LogP contribution in [0.25, 0.3) is 0 Å². The Balaban J connectivity index is 1.68. The summed E-state index contributed by atoms with van der Waals surface area (Å²) in [4.78, 5) is 15.9. The molecule has 90 valence electrons. The van der Waals surface area contributed by atoms with Crippen molar-refractivity contribution in [1.82, 2.24) is 4.98 Å². The molecule has 0 radical (unpaired) electrons. The summed E-state index contributed by atoms with van der Waals surface area (Å²) in [5.74, 6) is 0.998. The van der Waals surface area contributed by atoms with Crippen molar-refractivity contribution < 1.29 is 9.53 Å². The van der Waals surface area contributed by atoms with Crippen LogP contribution in [0.1, 0.15) is 36.2 Å². The van der Waals surface area contributed by atoms with E-state index in [1.165, 1.54) is 25.5 Å². The zero-order valence-corrected chi connectivity index (χ0v) is 10.2. The molecular formula is C13H14ClNO2. The Morgan fingerprint density at radius 2 is 2.29 bits per heavy atom. The second-order valence-electron chi connectivity index (χ2n) is 4.98. The first-order valence-corrected chi connectivity index (χ1v) is 6.42. The van der Waals surface area contributed by atoms with Gasteiger partial charge in [-0.1, -0.05) is 11.6 Å². The predicted molar refractivity (Wildman–Crippen MR) is 63.9 cm³/mol. The minimum Gasteiger partial charge on any atom is -0.457 e. The Labute approximate surface area is 105 Å². The van der Waals surface area contributed by atoms with Crippen LogP contribution in [-0.4, -0.2) is 17.1 Å². The van der Waals surface area contributed by atoms with Gasteiger partial charge >= 0.3 is 5.97 Å². The normalized spacial score (nSPS) is 30.5. The van der Waals surface area contributed by atoms with Gasteiger partial charge in [-0.3, -0.25) is 0 Å². The van der Waals surface area contributed by atoms with Gasteiger partial charge in [0.25, 0.3) is 0 Å². The number of ether oxygens (including phenoxy) is 1. The van der Waals surface area contributed by atoms with Crippen molar-refractivity contribution in [2.45, 2.75) is 31.8 Å². The highest BCUT2D eigenvalue weighted by Gasteiger charge is 2.41. The van der Waals surface area contributed by atoms with Crippen molar-refractivity contribution in [3.8, 4) is 0 Å². The highest BCUT2D eigenvalue weighted by molar-refractivity contribution is 6.30. The summed E-state index contributed by atoms with van der Waals surface area (Å²) < 4.78 is 5.53. The topological polar surface area (TPSA) is 39.2 Å². The van der Waals surface area contributed by atoms with E-state index in [9.17, 15) is 4.79 Å². The van der Waals surface area contributed by atoms with Crippen molar-refractivity contribution in [2.75, 3.05) is 0 Å². The van der Waals surface area contributed by atoms with Crippen LogP contribution < -0.4 is 0 Å². The SMILES string of the molecule is O=C(OC1CC2CCC1C2)c1cc(Cl)ccn1. The molecule has 2 fully saturated rings. The summed E-state index contributed by atoms with van der Waals surface area (Å²) in [6.07, 6.45) is 6.37. The van der Waals surface area contributed by atoms with Gasteiger partial charge in [0.05, 0.1) is 0 Å². The molecule has 1 aromatic rings. The monoisotopic (exact) mass is 251 g/mol. The fraction of sp³-hybridized carbons (Fsp3) is 0.538. The smallest absolute Gasteiger partial charge is 0.357 e. The molecule has 0 aromatic carbocycles. The van der Waals surface area contributed by atoms with E-state index in [2.05, 4.69) is 4.98 Å². The zero-order chi connectivity index (χ0) is 11.8. The lowest BCUT2D eigenvalue weighted by Crippen LogP contribution is -2.24. The summed E-state index contributed by atoms with van der Waals surface area (Å²) in [5, 5.41) is 0.514. The maximum atomic E-state index is 11.9. The summed E-state index contributed by atoms with van der Waals surface area (Å²) in [6.45, 7) is 0. The molecule has 3 nitrogen and oxygen atoms in total. The van der Waals surface area contributed by atoms with Crippen LogP contribution in [0.5, 0.6) is 0 Å². The Morgan fingerprint density at radius 3 is 2.94 bits per heavy atom. The van der Waals surface area contributed by atoms with Gasteiger partial charge in [0.2, 0.25) is 0 Å². The third kappa shape index (κ3) is 2.16. The molecule has 0 aliphatic heterocycles. The van der Waals surface area contributed by atoms with Crippen molar-refractivity contribution in [2.24, 2.45) is 11.8 Å². The van der Waals surface area contributed by atoms with Gasteiger partial charge in [0.15, 0.2) is 0 Å². The molecule has 2 aliphatic rings. The molecule has 2 bridgehead atoms. The Hall–Kier alpha value is -1.09. The maximum Gasteiger partial charge on any atom is 0.357 e. The largest absolute Gasteiger partial charge is 0.457 e. The number of rotatable bonds is 2. The number of carbonyl (C=O) groups is 1. The molecular weight excluding hydrogens is 238 g/mol. The van der Waals surface area contributed by atoms with Crippen LogP contribution >= 0.6 is 11.6 Å². The fourth-order valence-electron chi connectivity index (χ4n) is 3.04. The van der Waals surface area contributed by atoms with Crippen molar-refractivity contribution in [3.63, 3.8) is 0 Å². The Bertz CT molecular complexity index is 449. The molecule has 1 aromatic heterocycles. The second-order valence-corrected chi connectivity index (χ2v) is 5.41. The number of fused-ring (bicyclic) bond motifs is 2. The molecule has 3 unspecified atom stereocenters. The average molecular weight is 252 g/mol. The number of pyridine rings is 1. The number of esters is 1. The lowest BCUT2D eigenvalue weighted by atomic mass is 9.98. The van der Waals surface area contributed by atoms with Gasteiger partial charge in [-0.15, -0.1) is 0 Å². The highest BCUT2D eigenvalue weighted by atomic mass is 35.5. The lowest BCUT2D eigenvalue weighted by molar-refractivity contribution is 0.0152. The van der Waals surface area contributed by atoms with Crippen LogP contribution in [0.2, 0.25) is 5.02 Å². The van der Waals surface area contributed by atoms with Crippen molar-refractivity contribution in [1.29, 1.82) is 0 Å². The van der Waals surface area contributed by atoms with E-state index in [4.69, 9.17) is 16.3 Å². The zero-order valence-electron chi connectivity index (χ0n) is 9.43. The summed E-state index contributed by atoms with van der Waals surface area (Å²) in [6, 6.07) is 3.20. The molecule has 4 heteroatoms.